The van der Waals surface area contributed by atoms with Crippen molar-refractivity contribution >= 4 is 27.5 Å². The van der Waals surface area contributed by atoms with Gasteiger partial charge in [-0.2, -0.15) is 10.2 Å². The molecule has 1 N–H and O–H groups in total. The van der Waals surface area contributed by atoms with E-state index in [9.17, 15) is 4.79 Å². The molecule has 3 aromatic rings. The van der Waals surface area contributed by atoms with Gasteiger partial charge in [0.25, 0.3) is 5.91 Å². The number of hydrogen-bond acceptors (Lipinski definition) is 5. The summed E-state index contributed by atoms with van der Waals surface area (Å²) in [6.07, 6.45) is 0. The molecule has 0 spiro atoms. The van der Waals surface area contributed by atoms with Crippen molar-refractivity contribution in [1.82, 2.24) is 15.2 Å². The van der Waals surface area contributed by atoms with Gasteiger partial charge in [0.1, 0.15) is 13.2 Å². The first-order chi connectivity index (χ1) is 14.9. The maximum absolute atomic E-state index is 12.3. The van der Waals surface area contributed by atoms with Crippen LogP contribution < -0.4 is 14.9 Å². The predicted molar refractivity (Wildman–Crippen MR) is 124 cm³/mol. The van der Waals surface area contributed by atoms with Gasteiger partial charge in [0, 0.05) is 5.56 Å². The number of aromatic nitrogens is 2. The lowest BCUT2D eigenvalue weighted by molar-refractivity contribution is -0.121. The van der Waals surface area contributed by atoms with E-state index in [-0.39, 0.29) is 12.5 Å². The summed E-state index contributed by atoms with van der Waals surface area (Å²) >= 11 is 3.46. The molecule has 0 atom stereocenters. The quantitative estimate of drug-likeness (QED) is 0.379. The number of rotatable bonds is 8. The van der Waals surface area contributed by atoms with Crippen LogP contribution in [0.15, 0.2) is 58.1 Å². The Hall–Kier alpha value is -3.13. The molecule has 0 saturated carbocycles. The first-order valence-corrected chi connectivity index (χ1v) is 10.6. The summed E-state index contributed by atoms with van der Waals surface area (Å²) in [5.41, 5.74) is 6.86. The first-order valence-electron chi connectivity index (χ1n) is 9.76. The molecule has 0 saturated heterocycles. The summed E-state index contributed by atoms with van der Waals surface area (Å²) in [4.78, 5) is 12.3. The number of ether oxygens (including phenoxy) is 2. The van der Waals surface area contributed by atoms with Crippen molar-refractivity contribution in [2.45, 2.75) is 33.9 Å². The molecule has 8 heteroatoms. The highest BCUT2D eigenvalue weighted by Crippen LogP contribution is 2.29. The van der Waals surface area contributed by atoms with Crippen LogP contribution >= 0.6 is 15.9 Å². The normalized spacial score (nSPS) is 11.3. The van der Waals surface area contributed by atoms with Crippen LogP contribution in [0.3, 0.4) is 0 Å². The number of methoxy groups -OCH3 is 1. The number of benzene rings is 2. The van der Waals surface area contributed by atoms with Crippen LogP contribution in [0, 0.1) is 13.8 Å². The smallest absolute Gasteiger partial charge is 0.261 e. The Morgan fingerprint density at radius 3 is 2.55 bits per heavy atom. The molecule has 1 amide bonds. The summed E-state index contributed by atoms with van der Waals surface area (Å²) in [6, 6.07) is 15.5. The van der Waals surface area contributed by atoms with Gasteiger partial charge in [-0.05, 0) is 60.5 Å². The van der Waals surface area contributed by atoms with Crippen LogP contribution in [0.4, 0.5) is 0 Å². The standard InChI is InChI=1S/C23H25BrN4O3/c1-15(25-26-22(29)13-28-17(3)23(24)16(2)27-28)19-10-11-20(21(12-19)30-4)31-14-18-8-6-5-7-9-18/h5-12H,13-14H2,1-4H3,(H,26,29). The number of hydrogen-bond donors (Lipinski definition) is 1. The monoisotopic (exact) mass is 484 g/mol. The molecule has 162 valence electrons. The van der Waals surface area contributed by atoms with E-state index in [1.165, 1.54) is 0 Å². The molecule has 0 aliphatic rings. The molecule has 1 aromatic heterocycles. The van der Waals surface area contributed by atoms with E-state index < -0.39 is 0 Å². The second kappa shape index (κ2) is 10.3. The summed E-state index contributed by atoms with van der Waals surface area (Å²) in [7, 11) is 1.59. The number of nitrogens with one attached hydrogen (secondary N) is 1. The van der Waals surface area contributed by atoms with Crippen LogP contribution in [0.1, 0.15) is 29.4 Å². The van der Waals surface area contributed by atoms with Gasteiger partial charge in [-0.25, -0.2) is 5.43 Å². The van der Waals surface area contributed by atoms with E-state index in [0.717, 1.165) is 27.0 Å². The molecule has 7 nitrogen and oxygen atoms in total. The summed E-state index contributed by atoms with van der Waals surface area (Å²) in [5.74, 6) is 0.982. The molecule has 0 aliphatic heterocycles. The van der Waals surface area contributed by atoms with E-state index in [1.807, 2.05) is 69.3 Å². The van der Waals surface area contributed by atoms with Gasteiger partial charge >= 0.3 is 0 Å². The van der Waals surface area contributed by atoms with Crippen molar-refractivity contribution in [2.24, 2.45) is 5.10 Å². The number of amides is 1. The van der Waals surface area contributed by atoms with Crippen LogP contribution in [-0.2, 0) is 17.9 Å². The highest BCUT2D eigenvalue weighted by atomic mass is 79.9. The highest BCUT2D eigenvalue weighted by Gasteiger charge is 2.12. The van der Waals surface area contributed by atoms with Gasteiger partial charge in [-0.15, -0.1) is 0 Å². The largest absolute Gasteiger partial charge is 0.493 e. The minimum Gasteiger partial charge on any atom is -0.493 e. The topological polar surface area (TPSA) is 77.7 Å². The van der Waals surface area contributed by atoms with Crippen molar-refractivity contribution in [2.75, 3.05) is 7.11 Å². The van der Waals surface area contributed by atoms with Crippen LogP contribution in [0.25, 0.3) is 0 Å². The van der Waals surface area contributed by atoms with E-state index in [4.69, 9.17) is 9.47 Å². The molecule has 31 heavy (non-hydrogen) atoms. The molecule has 0 unspecified atom stereocenters. The van der Waals surface area contributed by atoms with E-state index >= 15 is 0 Å². The Morgan fingerprint density at radius 2 is 1.90 bits per heavy atom. The first kappa shape index (κ1) is 22.6. The van der Waals surface area contributed by atoms with E-state index in [1.54, 1.807) is 11.8 Å². The number of carbonyl (C=O) groups excluding carboxylic acids is 1. The van der Waals surface area contributed by atoms with Crippen LogP contribution in [-0.4, -0.2) is 28.5 Å². The number of halogens is 1. The summed E-state index contributed by atoms with van der Waals surface area (Å²) in [5, 5.41) is 8.55. The summed E-state index contributed by atoms with van der Waals surface area (Å²) < 4.78 is 13.9. The van der Waals surface area contributed by atoms with Gasteiger partial charge in [0.05, 0.1) is 28.7 Å². The molecular weight excluding hydrogens is 460 g/mol. The lowest BCUT2D eigenvalue weighted by Crippen LogP contribution is -2.25. The van der Waals surface area contributed by atoms with Crippen molar-refractivity contribution in [3.63, 3.8) is 0 Å². The zero-order chi connectivity index (χ0) is 22.4. The molecule has 0 radical (unpaired) electrons. The zero-order valence-corrected chi connectivity index (χ0v) is 19.6. The molecular formula is C23H25BrN4O3. The second-order valence-corrected chi connectivity index (χ2v) is 7.81. The fourth-order valence-electron chi connectivity index (χ4n) is 2.96. The van der Waals surface area contributed by atoms with Crippen LogP contribution in [0.5, 0.6) is 11.5 Å². The van der Waals surface area contributed by atoms with Gasteiger partial charge in [-0.1, -0.05) is 30.3 Å². The highest BCUT2D eigenvalue weighted by molar-refractivity contribution is 9.10. The van der Waals surface area contributed by atoms with Crippen molar-refractivity contribution in [1.29, 1.82) is 0 Å². The lowest BCUT2D eigenvalue weighted by Gasteiger charge is -2.12. The van der Waals surface area contributed by atoms with Gasteiger partial charge in [0.2, 0.25) is 0 Å². The Kier molecular flexibility index (Phi) is 7.46. The van der Waals surface area contributed by atoms with E-state index in [2.05, 4.69) is 31.6 Å². The summed E-state index contributed by atoms with van der Waals surface area (Å²) in [6.45, 7) is 6.14. The molecule has 0 fully saturated rings. The fraction of sp³-hybridized carbons (Fsp3) is 0.261. The van der Waals surface area contributed by atoms with Gasteiger partial charge in [0.15, 0.2) is 11.5 Å². The Labute approximate surface area is 190 Å². The zero-order valence-electron chi connectivity index (χ0n) is 18.0. The fourth-order valence-corrected chi connectivity index (χ4v) is 3.24. The predicted octanol–water partition coefficient (Wildman–Crippen LogP) is 4.39. The molecule has 2 aromatic carbocycles. The van der Waals surface area contributed by atoms with Gasteiger partial charge in [-0.3, -0.25) is 9.48 Å². The SMILES string of the molecule is COc1cc(C(C)=NNC(=O)Cn2nc(C)c(Br)c2C)ccc1OCc1ccccc1. The van der Waals surface area contributed by atoms with Crippen molar-refractivity contribution < 1.29 is 14.3 Å². The molecule has 0 aliphatic carbocycles. The second-order valence-electron chi connectivity index (χ2n) is 7.01. The molecule has 3 rings (SSSR count). The van der Waals surface area contributed by atoms with Crippen molar-refractivity contribution in [3.8, 4) is 11.5 Å². The number of aryl methyl sites for hydroxylation is 1. The molecule has 1 heterocycles. The Bertz CT molecular complexity index is 1090. The maximum atomic E-state index is 12.3. The van der Waals surface area contributed by atoms with E-state index in [0.29, 0.717) is 23.8 Å². The average Bonchev–Trinajstić information content (AvgIpc) is 3.02. The molecule has 0 bridgehead atoms. The Morgan fingerprint density at radius 1 is 1.16 bits per heavy atom. The average molecular weight is 485 g/mol. The van der Waals surface area contributed by atoms with Crippen LogP contribution in [0.2, 0.25) is 0 Å². The van der Waals surface area contributed by atoms with Gasteiger partial charge < -0.3 is 9.47 Å². The number of carbonyl (C=O) groups is 1. The maximum Gasteiger partial charge on any atom is 0.261 e. The Balaban J connectivity index is 1.64. The third-order valence-corrected chi connectivity index (χ3v) is 5.90. The lowest BCUT2D eigenvalue weighted by atomic mass is 10.1. The minimum absolute atomic E-state index is 0.0879. The van der Waals surface area contributed by atoms with Crippen molar-refractivity contribution in [3.05, 3.63) is 75.5 Å². The number of nitrogens with zero attached hydrogens (tertiary/aromatic N) is 3. The number of hydrazone groups is 1. The third kappa shape index (κ3) is 5.73. The third-order valence-electron chi connectivity index (χ3n) is 4.75. The minimum atomic E-state index is -0.257.